The lowest BCUT2D eigenvalue weighted by Gasteiger charge is -2.11. The Balaban J connectivity index is 1.85. The molecule has 0 saturated carbocycles. The minimum atomic E-state index is -0.669. The first-order valence-electron chi connectivity index (χ1n) is 6.33. The molecule has 1 aliphatic rings. The molecular formula is C15H19NO2. The zero-order valence-corrected chi connectivity index (χ0v) is 10.6. The number of carboxylic acid groups (broad SMARTS) is 1. The molecule has 0 spiro atoms. The van der Waals surface area contributed by atoms with Gasteiger partial charge in [-0.1, -0.05) is 49.4 Å². The van der Waals surface area contributed by atoms with Crippen LogP contribution in [0, 0.1) is 11.8 Å². The highest BCUT2D eigenvalue weighted by Crippen LogP contribution is 2.22. The fourth-order valence-electron chi connectivity index (χ4n) is 2.44. The fraction of sp³-hybridized carbons (Fsp3) is 0.400. The second kappa shape index (κ2) is 5.83. The van der Waals surface area contributed by atoms with E-state index in [-0.39, 0.29) is 11.8 Å². The molecule has 3 nitrogen and oxygen atoms in total. The molecule has 2 unspecified atom stereocenters. The Morgan fingerprint density at radius 3 is 2.72 bits per heavy atom. The summed E-state index contributed by atoms with van der Waals surface area (Å²) in [6, 6.07) is 10.1. The standard InChI is InChI=1S/C15H19NO2/c1-12-10-16(11-14(12)15(17)18)9-5-8-13-6-3-2-4-7-13/h2-8,12,14H,9-11H2,1H3,(H,17,18). The van der Waals surface area contributed by atoms with E-state index >= 15 is 0 Å². The minimum Gasteiger partial charge on any atom is -0.481 e. The monoisotopic (exact) mass is 245 g/mol. The number of benzene rings is 1. The van der Waals surface area contributed by atoms with Gasteiger partial charge in [0.15, 0.2) is 0 Å². The van der Waals surface area contributed by atoms with Crippen LogP contribution in [-0.4, -0.2) is 35.6 Å². The lowest BCUT2D eigenvalue weighted by atomic mass is 9.99. The van der Waals surface area contributed by atoms with Crippen LogP contribution in [0.1, 0.15) is 12.5 Å². The smallest absolute Gasteiger partial charge is 0.308 e. The van der Waals surface area contributed by atoms with Gasteiger partial charge in [0, 0.05) is 19.6 Å². The van der Waals surface area contributed by atoms with E-state index in [1.807, 2.05) is 25.1 Å². The van der Waals surface area contributed by atoms with Crippen molar-refractivity contribution in [3.8, 4) is 0 Å². The third-order valence-corrected chi connectivity index (χ3v) is 3.48. The maximum atomic E-state index is 11.0. The normalized spacial score (nSPS) is 24.7. The van der Waals surface area contributed by atoms with Crippen LogP contribution >= 0.6 is 0 Å². The van der Waals surface area contributed by atoms with Crippen molar-refractivity contribution < 1.29 is 9.90 Å². The molecule has 1 aromatic carbocycles. The van der Waals surface area contributed by atoms with Gasteiger partial charge in [0.2, 0.25) is 0 Å². The van der Waals surface area contributed by atoms with Crippen molar-refractivity contribution in [2.24, 2.45) is 11.8 Å². The molecule has 1 N–H and O–H groups in total. The summed E-state index contributed by atoms with van der Waals surface area (Å²) in [5.41, 5.74) is 1.18. The number of nitrogens with zero attached hydrogens (tertiary/aromatic N) is 1. The quantitative estimate of drug-likeness (QED) is 0.885. The Morgan fingerprint density at radius 1 is 1.39 bits per heavy atom. The van der Waals surface area contributed by atoms with Crippen LogP contribution in [0.15, 0.2) is 36.4 Å². The van der Waals surface area contributed by atoms with Crippen LogP contribution in [0.4, 0.5) is 0 Å². The number of rotatable bonds is 4. The Morgan fingerprint density at radius 2 is 2.11 bits per heavy atom. The Hall–Kier alpha value is -1.61. The van der Waals surface area contributed by atoms with Gasteiger partial charge in [-0.3, -0.25) is 9.69 Å². The lowest BCUT2D eigenvalue weighted by molar-refractivity contribution is -0.142. The third-order valence-electron chi connectivity index (χ3n) is 3.48. The zero-order chi connectivity index (χ0) is 13.0. The van der Waals surface area contributed by atoms with E-state index < -0.39 is 5.97 Å². The van der Waals surface area contributed by atoms with Crippen LogP contribution in [-0.2, 0) is 4.79 Å². The van der Waals surface area contributed by atoms with E-state index in [4.69, 9.17) is 5.11 Å². The predicted molar refractivity (Wildman–Crippen MR) is 72.2 cm³/mol. The third kappa shape index (κ3) is 3.20. The second-order valence-electron chi connectivity index (χ2n) is 4.95. The minimum absolute atomic E-state index is 0.213. The maximum absolute atomic E-state index is 11.0. The average Bonchev–Trinajstić information content (AvgIpc) is 2.72. The molecule has 0 aromatic heterocycles. The first-order valence-corrected chi connectivity index (χ1v) is 6.33. The molecule has 96 valence electrons. The van der Waals surface area contributed by atoms with E-state index in [1.165, 1.54) is 5.56 Å². The SMILES string of the molecule is CC1CN(CC=Cc2ccccc2)CC1C(=O)O. The number of hydrogen-bond donors (Lipinski definition) is 1. The van der Waals surface area contributed by atoms with Gasteiger partial charge in [0.25, 0.3) is 0 Å². The van der Waals surface area contributed by atoms with E-state index in [9.17, 15) is 4.79 Å². The number of carbonyl (C=O) groups is 1. The molecule has 0 radical (unpaired) electrons. The molecular weight excluding hydrogens is 226 g/mol. The summed E-state index contributed by atoms with van der Waals surface area (Å²) < 4.78 is 0. The van der Waals surface area contributed by atoms with Gasteiger partial charge in [-0.25, -0.2) is 0 Å². The summed E-state index contributed by atoms with van der Waals surface area (Å²) >= 11 is 0. The average molecular weight is 245 g/mol. The second-order valence-corrected chi connectivity index (χ2v) is 4.95. The Bertz CT molecular complexity index is 427. The first kappa shape index (κ1) is 12.8. The number of likely N-dealkylation sites (tertiary alicyclic amines) is 1. The Kier molecular flexibility index (Phi) is 4.15. The lowest BCUT2D eigenvalue weighted by Crippen LogP contribution is -2.23. The van der Waals surface area contributed by atoms with Gasteiger partial charge >= 0.3 is 5.97 Å². The number of aliphatic carboxylic acids is 1. The van der Waals surface area contributed by atoms with Crippen molar-refractivity contribution >= 4 is 12.0 Å². The van der Waals surface area contributed by atoms with Crippen LogP contribution in [0.2, 0.25) is 0 Å². The maximum Gasteiger partial charge on any atom is 0.308 e. The van der Waals surface area contributed by atoms with Crippen LogP contribution in [0.3, 0.4) is 0 Å². The molecule has 0 aliphatic carbocycles. The largest absolute Gasteiger partial charge is 0.481 e. The molecule has 0 amide bonds. The van der Waals surface area contributed by atoms with Gasteiger partial charge in [-0.2, -0.15) is 0 Å². The Labute approximate surface area is 108 Å². The fourth-order valence-corrected chi connectivity index (χ4v) is 2.44. The number of carboxylic acids is 1. The highest BCUT2D eigenvalue weighted by molar-refractivity contribution is 5.71. The van der Waals surface area contributed by atoms with E-state index in [2.05, 4.69) is 29.2 Å². The molecule has 2 atom stereocenters. The van der Waals surface area contributed by atoms with Gasteiger partial charge < -0.3 is 5.11 Å². The summed E-state index contributed by atoms with van der Waals surface area (Å²) in [4.78, 5) is 13.2. The van der Waals surface area contributed by atoms with Crippen molar-refractivity contribution in [1.29, 1.82) is 0 Å². The van der Waals surface area contributed by atoms with E-state index in [1.54, 1.807) is 0 Å². The molecule has 1 heterocycles. The molecule has 1 fully saturated rings. The highest BCUT2D eigenvalue weighted by atomic mass is 16.4. The highest BCUT2D eigenvalue weighted by Gasteiger charge is 2.33. The molecule has 18 heavy (non-hydrogen) atoms. The van der Waals surface area contributed by atoms with Gasteiger partial charge in [-0.15, -0.1) is 0 Å². The van der Waals surface area contributed by atoms with Crippen LogP contribution in [0.25, 0.3) is 6.08 Å². The first-order chi connectivity index (χ1) is 8.66. The summed E-state index contributed by atoms with van der Waals surface area (Å²) in [6.07, 6.45) is 4.19. The van der Waals surface area contributed by atoms with Crippen molar-refractivity contribution in [1.82, 2.24) is 4.90 Å². The summed E-state index contributed by atoms with van der Waals surface area (Å²) in [7, 11) is 0. The molecule has 0 bridgehead atoms. The summed E-state index contributed by atoms with van der Waals surface area (Å²) in [5.74, 6) is -0.639. The van der Waals surface area contributed by atoms with Crippen molar-refractivity contribution in [3.63, 3.8) is 0 Å². The molecule has 1 saturated heterocycles. The van der Waals surface area contributed by atoms with Crippen molar-refractivity contribution in [3.05, 3.63) is 42.0 Å². The molecule has 3 heteroatoms. The molecule has 1 aromatic rings. The topological polar surface area (TPSA) is 40.5 Å². The van der Waals surface area contributed by atoms with Gasteiger partial charge in [-0.05, 0) is 11.5 Å². The summed E-state index contributed by atoms with van der Waals surface area (Å²) in [5, 5.41) is 9.06. The predicted octanol–water partition coefficient (Wildman–Crippen LogP) is 2.35. The van der Waals surface area contributed by atoms with E-state index in [0.717, 1.165) is 13.1 Å². The van der Waals surface area contributed by atoms with Crippen LogP contribution in [0.5, 0.6) is 0 Å². The van der Waals surface area contributed by atoms with E-state index in [0.29, 0.717) is 6.54 Å². The molecule has 1 aliphatic heterocycles. The van der Waals surface area contributed by atoms with Crippen molar-refractivity contribution in [2.75, 3.05) is 19.6 Å². The van der Waals surface area contributed by atoms with Crippen LogP contribution < -0.4 is 0 Å². The van der Waals surface area contributed by atoms with Gasteiger partial charge in [0.1, 0.15) is 0 Å². The van der Waals surface area contributed by atoms with Gasteiger partial charge in [0.05, 0.1) is 5.92 Å². The zero-order valence-electron chi connectivity index (χ0n) is 10.6. The molecule has 2 rings (SSSR count). The number of hydrogen-bond acceptors (Lipinski definition) is 2. The summed E-state index contributed by atoms with van der Waals surface area (Å²) in [6.45, 7) is 4.37. The van der Waals surface area contributed by atoms with Crippen molar-refractivity contribution in [2.45, 2.75) is 6.92 Å².